The van der Waals surface area contributed by atoms with Crippen molar-refractivity contribution in [2.45, 2.75) is 19.4 Å². The lowest BCUT2D eigenvalue weighted by atomic mass is 10.4. The van der Waals surface area contributed by atoms with Crippen molar-refractivity contribution in [1.29, 1.82) is 0 Å². The van der Waals surface area contributed by atoms with E-state index in [9.17, 15) is 13.6 Å². The van der Waals surface area contributed by atoms with Crippen molar-refractivity contribution in [3.05, 3.63) is 15.5 Å². The van der Waals surface area contributed by atoms with Gasteiger partial charge >= 0.3 is 0 Å². The molecule has 0 aliphatic rings. The Hall–Kier alpha value is -0.600. The van der Waals surface area contributed by atoms with Gasteiger partial charge in [-0.05, 0) is 27.5 Å². The van der Waals surface area contributed by atoms with Crippen LogP contribution in [0.1, 0.15) is 11.3 Å². The summed E-state index contributed by atoms with van der Waals surface area (Å²) < 4.78 is 32.8. The highest BCUT2D eigenvalue weighted by molar-refractivity contribution is 9.10. The smallest absolute Gasteiger partial charge is 0.261 e. The summed E-state index contributed by atoms with van der Waals surface area (Å²) in [5.74, 6) is -0.237. The van der Waals surface area contributed by atoms with Gasteiger partial charge in [0.1, 0.15) is 6.61 Å². The van der Waals surface area contributed by atoms with Gasteiger partial charge in [-0.15, -0.1) is 0 Å². The minimum absolute atomic E-state index is 0.0000332. The first-order valence-electron chi connectivity index (χ1n) is 4.81. The summed E-state index contributed by atoms with van der Waals surface area (Å²) in [4.78, 5) is 12.2. The zero-order chi connectivity index (χ0) is 12.7. The molecule has 0 aliphatic carbocycles. The summed E-state index contributed by atoms with van der Waals surface area (Å²) in [5.41, 5.74) is 0. The van der Waals surface area contributed by atoms with E-state index in [1.54, 1.807) is 6.20 Å². The molecule has 1 aromatic rings. The molecule has 0 radical (unpaired) electrons. The van der Waals surface area contributed by atoms with Crippen molar-refractivity contribution in [2.24, 2.45) is 0 Å². The highest BCUT2D eigenvalue weighted by Gasteiger charge is 2.07. The summed E-state index contributed by atoms with van der Waals surface area (Å²) in [6.07, 6.45) is -0.771. The molecule has 96 valence electrons. The first-order chi connectivity index (χ1) is 8.09. The van der Waals surface area contributed by atoms with Gasteiger partial charge in [-0.25, -0.2) is 8.78 Å². The molecule has 0 aromatic carbocycles. The van der Waals surface area contributed by atoms with Gasteiger partial charge < -0.3 is 10.1 Å². The molecule has 1 aromatic heterocycles. The van der Waals surface area contributed by atoms with Crippen LogP contribution in [0.15, 0.2) is 10.7 Å². The van der Waals surface area contributed by atoms with E-state index in [0.29, 0.717) is 6.54 Å². The highest BCUT2D eigenvalue weighted by atomic mass is 79.9. The average molecular weight is 329 g/mol. The van der Waals surface area contributed by atoms with Crippen LogP contribution in [0.25, 0.3) is 0 Å². The largest absolute Gasteiger partial charge is 0.375 e. The van der Waals surface area contributed by atoms with E-state index in [-0.39, 0.29) is 18.9 Å². The molecule has 1 rings (SSSR count). The molecule has 0 aliphatic heterocycles. The zero-order valence-corrected chi connectivity index (χ0v) is 11.2. The zero-order valence-electron chi connectivity index (χ0n) is 8.79. The average Bonchev–Trinajstić information content (AvgIpc) is 2.67. The van der Waals surface area contributed by atoms with Crippen molar-refractivity contribution in [3.63, 3.8) is 0 Å². The monoisotopic (exact) mass is 328 g/mol. The van der Waals surface area contributed by atoms with E-state index in [1.165, 1.54) is 11.5 Å². The van der Waals surface area contributed by atoms with E-state index in [1.807, 2.05) is 0 Å². The summed E-state index contributed by atoms with van der Waals surface area (Å²) in [7, 11) is 0. The van der Waals surface area contributed by atoms with Crippen LogP contribution in [-0.4, -0.2) is 29.9 Å². The highest BCUT2D eigenvalue weighted by Crippen LogP contribution is 2.19. The number of carbonyl (C=O) groups excluding carboxylic acids is 1. The van der Waals surface area contributed by atoms with Gasteiger partial charge in [-0.2, -0.15) is 4.37 Å². The number of rotatable bonds is 7. The predicted molar refractivity (Wildman–Crippen MR) is 63.1 cm³/mol. The van der Waals surface area contributed by atoms with Crippen LogP contribution in [-0.2, 0) is 16.1 Å². The van der Waals surface area contributed by atoms with E-state index < -0.39 is 13.0 Å². The van der Waals surface area contributed by atoms with Crippen LogP contribution in [0.4, 0.5) is 8.78 Å². The number of amides is 1. The van der Waals surface area contributed by atoms with E-state index in [4.69, 9.17) is 0 Å². The SMILES string of the molecule is O=C(CCOCC(F)F)NCc1sncc1Br. The van der Waals surface area contributed by atoms with Crippen molar-refractivity contribution >= 4 is 33.4 Å². The maximum absolute atomic E-state index is 11.7. The van der Waals surface area contributed by atoms with Crippen LogP contribution in [0.5, 0.6) is 0 Å². The molecule has 8 heteroatoms. The van der Waals surface area contributed by atoms with Gasteiger partial charge in [0.05, 0.1) is 28.7 Å². The molecule has 0 spiro atoms. The molecule has 0 fully saturated rings. The number of nitrogens with zero attached hydrogens (tertiary/aromatic N) is 1. The number of hydrogen-bond acceptors (Lipinski definition) is 4. The molecule has 1 N–H and O–H groups in total. The van der Waals surface area contributed by atoms with E-state index in [2.05, 4.69) is 30.4 Å². The van der Waals surface area contributed by atoms with Gasteiger partial charge in [0.25, 0.3) is 6.43 Å². The third-order valence-corrected chi connectivity index (χ3v) is 3.50. The van der Waals surface area contributed by atoms with Crippen LogP contribution in [0.3, 0.4) is 0 Å². The van der Waals surface area contributed by atoms with Crippen LogP contribution in [0, 0.1) is 0 Å². The van der Waals surface area contributed by atoms with Gasteiger partial charge in [0.2, 0.25) is 5.91 Å². The molecule has 0 unspecified atom stereocenters. The fourth-order valence-corrected chi connectivity index (χ4v) is 2.13. The maximum atomic E-state index is 11.7. The number of aromatic nitrogens is 1. The lowest BCUT2D eigenvalue weighted by Crippen LogP contribution is -2.24. The molecule has 0 atom stereocenters. The summed E-state index contributed by atoms with van der Waals surface area (Å²) in [5, 5.41) is 2.65. The second-order valence-electron chi connectivity index (χ2n) is 3.09. The number of ether oxygens (including phenoxy) is 1. The number of hydrogen-bond donors (Lipinski definition) is 1. The van der Waals surface area contributed by atoms with Crippen molar-refractivity contribution in [1.82, 2.24) is 9.69 Å². The van der Waals surface area contributed by atoms with Gasteiger partial charge in [0, 0.05) is 6.42 Å². The number of nitrogens with one attached hydrogen (secondary N) is 1. The van der Waals surface area contributed by atoms with E-state index in [0.717, 1.165) is 9.35 Å². The Bertz CT molecular complexity index is 363. The Balaban J connectivity index is 2.11. The molecular weight excluding hydrogens is 318 g/mol. The molecule has 4 nitrogen and oxygen atoms in total. The van der Waals surface area contributed by atoms with Crippen LogP contribution < -0.4 is 5.32 Å². The van der Waals surface area contributed by atoms with Crippen LogP contribution in [0.2, 0.25) is 0 Å². The molecule has 0 saturated heterocycles. The maximum Gasteiger partial charge on any atom is 0.261 e. The molecule has 1 amide bonds. The van der Waals surface area contributed by atoms with Crippen molar-refractivity contribution < 1.29 is 18.3 Å². The summed E-state index contributed by atoms with van der Waals surface area (Å²) >= 11 is 4.57. The fourth-order valence-electron chi connectivity index (χ4n) is 0.973. The number of carbonyl (C=O) groups is 1. The third kappa shape index (κ3) is 6.04. The molecule has 0 saturated carbocycles. The lowest BCUT2D eigenvalue weighted by molar-refractivity contribution is -0.122. The van der Waals surface area contributed by atoms with E-state index >= 15 is 0 Å². The van der Waals surface area contributed by atoms with Crippen molar-refractivity contribution in [2.75, 3.05) is 13.2 Å². The first-order valence-corrected chi connectivity index (χ1v) is 6.38. The first kappa shape index (κ1) is 14.5. The summed E-state index contributed by atoms with van der Waals surface area (Å²) in [6.45, 7) is -0.257. The third-order valence-electron chi connectivity index (χ3n) is 1.76. The van der Waals surface area contributed by atoms with Crippen molar-refractivity contribution in [3.8, 4) is 0 Å². The molecule has 0 bridgehead atoms. The number of halogens is 3. The second kappa shape index (κ2) is 7.67. The topological polar surface area (TPSA) is 51.2 Å². The Morgan fingerprint density at radius 3 is 3.00 bits per heavy atom. The minimum atomic E-state index is -2.49. The molecule has 1 heterocycles. The number of alkyl halides is 2. The normalized spacial score (nSPS) is 10.8. The van der Waals surface area contributed by atoms with Gasteiger partial charge in [-0.3, -0.25) is 4.79 Å². The second-order valence-corrected chi connectivity index (χ2v) is 4.83. The minimum Gasteiger partial charge on any atom is -0.375 e. The Kier molecular flexibility index (Phi) is 6.53. The predicted octanol–water partition coefficient (Wildman–Crippen LogP) is 2.19. The fraction of sp³-hybridized carbons (Fsp3) is 0.556. The lowest BCUT2D eigenvalue weighted by Gasteiger charge is -2.04. The summed E-state index contributed by atoms with van der Waals surface area (Å²) in [6, 6.07) is 0. The van der Waals surface area contributed by atoms with Gasteiger partial charge in [-0.1, -0.05) is 0 Å². The Morgan fingerprint density at radius 2 is 2.41 bits per heavy atom. The standard InChI is InChI=1S/C9H11BrF2N2O2S/c10-6-3-14-17-7(6)4-13-9(15)1-2-16-5-8(11)12/h3,8H,1-2,4-5H2,(H,13,15). The molecular formula is C9H11BrF2N2O2S. The Labute approximate surface area is 110 Å². The molecule has 17 heavy (non-hydrogen) atoms. The van der Waals surface area contributed by atoms with Gasteiger partial charge in [0.15, 0.2) is 0 Å². The quantitative estimate of drug-likeness (QED) is 0.780. The van der Waals surface area contributed by atoms with Crippen LogP contribution >= 0.6 is 27.5 Å². The Morgan fingerprint density at radius 1 is 1.65 bits per heavy atom.